The first kappa shape index (κ1) is 14.1. The van der Waals surface area contributed by atoms with Gasteiger partial charge >= 0.3 is 0 Å². The van der Waals surface area contributed by atoms with E-state index in [0.29, 0.717) is 11.6 Å². The fourth-order valence-corrected chi connectivity index (χ4v) is 2.95. The van der Waals surface area contributed by atoms with Crippen molar-refractivity contribution < 1.29 is 4.79 Å². The van der Waals surface area contributed by atoms with E-state index < -0.39 is 0 Å². The van der Waals surface area contributed by atoms with Crippen molar-refractivity contribution in [2.24, 2.45) is 5.73 Å². The van der Waals surface area contributed by atoms with Crippen molar-refractivity contribution in [3.8, 4) is 0 Å². The van der Waals surface area contributed by atoms with Gasteiger partial charge in [0, 0.05) is 17.1 Å². The Morgan fingerprint density at radius 3 is 2.90 bits per heavy atom. The maximum Gasteiger partial charge on any atom is 0.251 e. The summed E-state index contributed by atoms with van der Waals surface area (Å²) in [6.07, 6.45) is 0.868. The average molecular weight is 301 g/mol. The van der Waals surface area contributed by atoms with Crippen molar-refractivity contribution in [1.29, 1.82) is 0 Å². The van der Waals surface area contributed by atoms with Crippen LogP contribution in [-0.4, -0.2) is 12.5 Å². The summed E-state index contributed by atoms with van der Waals surface area (Å²) in [5, 5.41) is 3.57. The largest absolute Gasteiger partial charge is 0.352 e. The van der Waals surface area contributed by atoms with Crippen LogP contribution in [-0.2, 0) is 6.42 Å². The summed E-state index contributed by atoms with van der Waals surface area (Å²) in [6, 6.07) is 11.3. The molecule has 3 nitrogen and oxygen atoms in total. The van der Waals surface area contributed by atoms with Gasteiger partial charge in [-0.25, -0.2) is 0 Å². The fraction of sp³-hybridized carbons (Fsp3) is 0.235. The number of fused-ring (bicyclic) bond motifs is 1. The van der Waals surface area contributed by atoms with E-state index in [9.17, 15) is 4.79 Å². The van der Waals surface area contributed by atoms with Gasteiger partial charge in [-0.2, -0.15) is 0 Å². The van der Waals surface area contributed by atoms with Crippen LogP contribution >= 0.6 is 11.6 Å². The number of nitrogens with two attached hydrogens (primary N) is 1. The number of hydrogen-bond donors (Lipinski definition) is 2. The Kier molecular flexibility index (Phi) is 3.70. The van der Waals surface area contributed by atoms with Gasteiger partial charge in [0.15, 0.2) is 0 Å². The number of carbonyl (C=O) groups excluding carboxylic acids is 1. The van der Waals surface area contributed by atoms with E-state index in [-0.39, 0.29) is 11.9 Å². The zero-order valence-electron chi connectivity index (χ0n) is 11.8. The molecule has 0 radical (unpaired) electrons. The molecule has 0 aliphatic carbocycles. The second-order valence-electron chi connectivity index (χ2n) is 5.35. The van der Waals surface area contributed by atoms with Gasteiger partial charge in [0.2, 0.25) is 0 Å². The van der Waals surface area contributed by atoms with E-state index >= 15 is 0 Å². The van der Waals surface area contributed by atoms with Crippen LogP contribution < -0.4 is 11.1 Å². The molecule has 1 unspecified atom stereocenters. The summed E-state index contributed by atoms with van der Waals surface area (Å²) in [7, 11) is 0. The van der Waals surface area contributed by atoms with Gasteiger partial charge in [0.25, 0.3) is 5.91 Å². The Morgan fingerprint density at radius 1 is 1.29 bits per heavy atom. The van der Waals surface area contributed by atoms with Crippen molar-refractivity contribution in [2.75, 3.05) is 6.54 Å². The van der Waals surface area contributed by atoms with Crippen LogP contribution in [0, 0.1) is 6.92 Å². The number of rotatable bonds is 2. The minimum atomic E-state index is -0.288. The third-order valence-corrected chi connectivity index (χ3v) is 4.47. The van der Waals surface area contributed by atoms with Gasteiger partial charge in [-0.05, 0) is 47.7 Å². The molecular formula is C17H17ClN2O. The number of amides is 1. The Balaban J connectivity index is 2.02. The maximum absolute atomic E-state index is 11.9. The summed E-state index contributed by atoms with van der Waals surface area (Å²) in [6.45, 7) is 2.66. The summed E-state index contributed by atoms with van der Waals surface area (Å²) < 4.78 is 0. The molecule has 21 heavy (non-hydrogen) atoms. The lowest BCUT2D eigenvalue weighted by Gasteiger charge is -2.20. The molecule has 1 aliphatic rings. The molecule has 1 atom stereocenters. The Labute approximate surface area is 129 Å². The second kappa shape index (κ2) is 5.51. The van der Waals surface area contributed by atoms with Crippen LogP contribution in [0.25, 0.3) is 0 Å². The van der Waals surface area contributed by atoms with Crippen molar-refractivity contribution >= 4 is 17.5 Å². The molecule has 0 aromatic heterocycles. The van der Waals surface area contributed by atoms with Crippen molar-refractivity contribution in [1.82, 2.24) is 5.32 Å². The van der Waals surface area contributed by atoms with Crippen LogP contribution in [0.2, 0.25) is 5.02 Å². The van der Waals surface area contributed by atoms with Crippen molar-refractivity contribution in [3.63, 3.8) is 0 Å². The molecule has 2 aromatic rings. The SMILES string of the molecule is Cc1c(Cl)cccc1C(N)c1ccc2c(c1)C(=O)NCC2. The first-order chi connectivity index (χ1) is 10.1. The first-order valence-corrected chi connectivity index (χ1v) is 7.37. The number of carbonyl (C=O) groups is 1. The summed E-state index contributed by atoms with van der Waals surface area (Å²) in [5.41, 5.74) is 11.1. The predicted molar refractivity (Wildman–Crippen MR) is 84.7 cm³/mol. The molecule has 0 saturated heterocycles. The molecule has 3 N–H and O–H groups in total. The van der Waals surface area contributed by atoms with E-state index in [1.54, 1.807) is 0 Å². The van der Waals surface area contributed by atoms with Crippen LogP contribution in [0.5, 0.6) is 0 Å². The number of nitrogens with one attached hydrogen (secondary N) is 1. The minimum Gasteiger partial charge on any atom is -0.352 e. The Hall–Kier alpha value is -1.84. The zero-order chi connectivity index (χ0) is 15.0. The van der Waals surface area contributed by atoms with Crippen LogP contribution in [0.1, 0.15) is 38.7 Å². The summed E-state index contributed by atoms with van der Waals surface area (Å²) >= 11 is 6.16. The smallest absolute Gasteiger partial charge is 0.251 e. The topological polar surface area (TPSA) is 55.1 Å². The van der Waals surface area contributed by atoms with Gasteiger partial charge in [-0.15, -0.1) is 0 Å². The van der Waals surface area contributed by atoms with E-state index in [1.807, 2.05) is 43.3 Å². The third-order valence-electron chi connectivity index (χ3n) is 4.06. The highest BCUT2D eigenvalue weighted by molar-refractivity contribution is 6.31. The van der Waals surface area contributed by atoms with Crippen LogP contribution in [0.15, 0.2) is 36.4 Å². The average Bonchev–Trinajstić information content (AvgIpc) is 2.49. The maximum atomic E-state index is 11.9. The van der Waals surface area contributed by atoms with Crippen LogP contribution in [0.4, 0.5) is 0 Å². The quantitative estimate of drug-likeness (QED) is 0.896. The molecule has 4 heteroatoms. The molecule has 0 spiro atoms. The van der Waals surface area contributed by atoms with Crippen molar-refractivity contribution in [3.05, 3.63) is 69.2 Å². The van der Waals surface area contributed by atoms with E-state index in [4.69, 9.17) is 17.3 Å². The molecule has 0 bridgehead atoms. The van der Waals surface area contributed by atoms with Gasteiger partial charge < -0.3 is 11.1 Å². The first-order valence-electron chi connectivity index (χ1n) is 6.99. The summed E-state index contributed by atoms with van der Waals surface area (Å²) in [5.74, 6) is -0.0203. The highest BCUT2D eigenvalue weighted by Crippen LogP contribution is 2.28. The second-order valence-corrected chi connectivity index (χ2v) is 5.76. The standard InChI is InChI=1S/C17H17ClN2O/c1-10-13(3-2-4-15(10)18)16(19)12-6-5-11-7-8-20-17(21)14(11)9-12/h2-6,9,16H,7-8,19H2,1H3,(H,20,21). The Bertz CT molecular complexity index is 712. The lowest BCUT2D eigenvalue weighted by atomic mass is 9.91. The highest BCUT2D eigenvalue weighted by Gasteiger charge is 2.19. The predicted octanol–water partition coefficient (Wildman–Crippen LogP) is 2.98. The monoisotopic (exact) mass is 300 g/mol. The molecule has 1 aliphatic heterocycles. The molecule has 0 fully saturated rings. The molecule has 1 heterocycles. The van der Waals surface area contributed by atoms with Crippen molar-refractivity contribution in [2.45, 2.75) is 19.4 Å². The third kappa shape index (κ3) is 2.55. The van der Waals surface area contributed by atoms with Gasteiger partial charge in [-0.1, -0.05) is 35.9 Å². The number of halogens is 1. The van der Waals surface area contributed by atoms with Crippen LogP contribution in [0.3, 0.4) is 0 Å². The lowest BCUT2D eigenvalue weighted by molar-refractivity contribution is 0.0946. The van der Waals surface area contributed by atoms with Gasteiger partial charge in [0.05, 0.1) is 6.04 Å². The lowest BCUT2D eigenvalue weighted by Crippen LogP contribution is -2.32. The van der Waals surface area contributed by atoms with E-state index in [0.717, 1.165) is 34.2 Å². The normalized spacial score (nSPS) is 15.3. The molecule has 2 aromatic carbocycles. The Morgan fingerprint density at radius 2 is 2.10 bits per heavy atom. The van der Waals surface area contributed by atoms with Gasteiger partial charge in [-0.3, -0.25) is 4.79 Å². The highest BCUT2D eigenvalue weighted by atomic mass is 35.5. The molecule has 1 amide bonds. The van der Waals surface area contributed by atoms with Gasteiger partial charge in [0.1, 0.15) is 0 Å². The molecule has 108 valence electrons. The molecule has 3 rings (SSSR count). The fourth-order valence-electron chi connectivity index (χ4n) is 2.76. The minimum absolute atomic E-state index is 0.0203. The molecular weight excluding hydrogens is 284 g/mol. The zero-order valence-corrected chi connectivity index (χ0v) is 12.6. The summed E-state index contributed by atoms with van der Waals surface area (Å²) in [4.78, 5) is 11.9. The van der Waals surface area contributed by atoms with E-state index in [1.165, 1.54) is 0 Å². The number of benzene rings is 2. The number of hydrogen-bond acceptors (Lipinski definition) is 2. The molecule has 0 saturated carbocycles. The van der Waals surface area contributed by atoms with E-state index in [2.05, 4.69) is 5.32 Å².